The van der Waals surface area contributed by atoms with Gasteiger partial charge in [-0.3, -0.25) is 0 Å². The van der Waals surface area contributed by atoms with Crippen molar-refractivity contribution < 1.29 is 4.79 Å². The number of nitrogens with one attached hydrogen (secondary N) is 2. The zero-order chi connectivity index (χ0) is 22.8. The second-order valence-corrected chi connectivity index (χ2v) is 9.74. The van der Waals surface area contributed by atoms with Crippen LogP contribution in [-0.4, -0.2) is 58.0 Å². The van der Waals surface area contributed by atoms with Crippen LogP contribution in [0.3, 0.4) is 0 Å². The van der Waals surface area contributed by atoms with Gasteiger partial charge in [0.25, 0.3) is 0 Å². The van der Waals surface area contributed by atoms with Crippen molar-refractivity contribution in [2.24, 2.45) is 0 Å². The summed E-state index contributed by atoms with van der Waals surface area (Å²) in [5, 5.41) is 7.53. The number of aromatic nitrogens is 2. The third kappa shape index (κ3) is 5.11. The number of hydrogen-bond acceptors (Lipinski definition) is 5. The summed E-state index contributed by atoms with van der Waals surface area (Å²) in [4.78, 5) is 26.5. The Morgan fingerprint density at radius 2 is 2.03 bits per heavy atom. The Kier molecular flexibility index (Phi) is 7.08. The fourth-order valence-electron chi connectivity index (χ4n) is 4.49. The Labute approximate surface area is 199 Å². The van der Waals surface area contributed by atoms with Crippen LogP contribution in [0, 0.1) is 0 Å². The summed E-state index contributed by atoms with van der Waals surface area (Å²) in [5.74, 6) is 0.599. The molecule has 2 aromatic rings. The molecule has 0 radical (unpaired) electrons. The minimum absolute atomic E-state index is 0.0935. The molecule has 9 heteroatoms. The van der Waals surface area contributed by atoms with Gasteiger partial charge in [0.05, 0.1) is 28.3 Å². The summed E-state index contributed by atoms with van der Waals surface area (Å²) in [7, 11) is 2.10. The van der Waals surface area contributed by atoms with Crippen LogP contribution in [0.15, 0.2) is 24.4 Å². The highest BCUT2D eigenvalue weighted by Crippen LogP contribution is 2.32. The maximum atomic E-state index is 13.3. The maximum Gasteiger partial charge on any atom is 0.318 e. The zero-order valence-corrected chi connectivity index (χ0v) is 20.2. The average molecular weight is 477 g/mol. The van der Waals surface area contributed by atoms with Crippen LogP contribution in [-0.2, 0) is 13.0 Å². The number of rotatable bonds is 5. The summed E-state index contributed by atoms with van der Waals surface area (Å²) in [6.45, 7) is 6.20. The number of hydrogen-bond donors (Lipinski definition) is 2. The van der Waals surface area contributed by atoms with Crippen molar-refractivity contribution in [2.45, 2.75) is 57.8 Å². The van der Waals surface area contributed by atoms with Gasteiger partial charge >= 0.3 is 6.03 Å². The van der Waals surface area contributed by atoms with Crippen molar-refractivity contribution in [3.8, 4) is 0 Å². The molecule has 32 heavy (non-hydrogen) atoms. The van der Waals surface area contributed by atoms with Gasteiger partial charge in [0, 0.05) is 24.8 Å². The molecule has 7 nitrogen and oxygen atoms in total. The molecule has 1 fully saturated rings. The minimum Gasteiger partial charge on any atom is -0.352 e. The van der Waals surface area contributed by atoms with E-state index in [1.54, 1.807) is 6.07 Å². The smallest absolute Gasteiger partial charge is 0.318 e. The molecule has 2 aliphatic rings. The topological polar surface area (TPSA) is 73.4 Å². The van der Waals surface area contributed by atoms with E-state index in [1.165, 1.54) is 0 Å². The van der Waals surface area contributed by atoms with Gasteiger partial charge in [0.2, 0.25) is 5.95 Å². The van der Waals surface area contributed by atoms with Crippen LogP contribution in [0.1, 0.15) is 49.6 Å². The van der Waals surface area contributed by atoms with E-state index in [9.17, 15) is 4.79 Å². The molecule has 0 spiro atoms. The average Bonchev–Trinajstić information content (AvgIpc) is 3.18. The highest BCUT2D eigenvalue weighted by molar-refractivity contribution is 6.42. The third-order valence-electron chi connectivity index (χ3n) is 6.19. The highest BCUT2D eigenvalue weighted by Gasteiger charge is 2.33. The SMILES string of the molecule is CC(C)Nc1ncc2c(n1)CN(C(=O)NC(c1ccc(Cl)c(Cl)c1)C1CCCN1C)CC2. The number of nitrogens with zero attached hydrogens (tertiary/aromatic N) is 4. The van der Waals surface area contributed by atoms with E-state index >= 15 is 0 Å². The molecule has 2 unspecified atom stereocenters. The Balaban J connectivity index is 1.53. The largest absolute Gasteiger partial charge is 0.352 e. The van der Waals surface area contributed by atoms with Gasteiger partial charge in [-0.1, -0.05) is 29.3 Å². The van der Waals surface area contributed by atoms with Gasteiger partial charge in [-0.2, -0.15) is 0 Å². The Morgan fingerprint density at radius 1 is 1.22 bits per heavy atom. The Bertz CT molecular complexity index is 985. The predicted octanol–water partition coefficient (Wildman–Crippen LogP) is 4.51. The first-order valence-electron chi connectivity index (χ1n) is 11.1. The van der Waals surface area contributed by atoms with Crippen molar-refractivity contribution in [1.29, 1.82) is 0 Å². The number of fused-ring (bicyclic) bond motifs is 1. The molecule has 4 rings (SSSR count). The second-order valence-electron chi connectivity index (χ2n) is 8.93. The maximum absolute atomic E-state index is 13.3. The Hall–Kier alpha value is -2.09. The zero-order valence-electron chi connectivity index (χ0n) is 18.7. The van der Waals surface area contributed by atoms with E-state index in [4.69, 9.17) is 23.2 Å². The van der Waals surface area contributed by atoms with Gasteiger partial charge in [-0.15, -0.1) is 0 Å². The summed E-state index contributed by atoms with van der Waals surface area (Å²) in [5.41, 5.74) is 2.96. The van der Waals surface area contributed by atoms with Gasteiger partial charge in [0.15, 0.2) is 0 Å². The molecule has 0 bridgehead atoms. The lowest BCUT2D eigenvalue weighted by Gasteiger charge is -2.34. The third-order valence-corrected chi connectivity index (χ3v) is 6.93. The monoisotopic (exact) mass is 476 g/mol. The van der Waals surface area contributed by atoms with Crippen LogP contribution < -0.4 is 10.6 Å². The molecule has 3 heterocycles. The first kappa shape index (κ1) is 23.1. The number of halogens is 2. The standard InChI is InChI=1S/C23H30Cl2N6O/c1-14(2)27-22-26-12-16-8-10-31(13-19(16)28-22)23(32)29-21(20-5-4-9-30(20)3)15-6-7-17(24)18(25)11-15/h6-7,11-12,14,20-21H,4-5,8-10,13H2,1-3H3,(H,29,32)(H,26,27,28). The van der Waals surface area contributed by atoms with Crippen LogP contribution in [0.25, 0.3) is 0 Å². The second kappa shape index (κ2) is 9.81. The van der Waals surface area contributed by atoms with Gasteiger partial charge in [-0.25, -0.2) is 14.8 Å². The molecular formula is C23H30Cl2N6O. The van der Waals surface area contributed by atoms with E-state index in [2.05, 4.69) is 32.5 Å². The van der Waals surface area contributed by atoms with E-state index in [1.807, 2.05) is 37.1 Å². The van der Waals surface area contributed by atoms with Crippen molar-refractivity contribution in [1.82, 2.24) is 25.1 Å². The van der Waals surface area contributed by atoms with E-state index in [-0.39, 0.29) is 24.2 Å². The molecule has 1 saturated heterocycles. The molecule has 172 valence electrons. The Morgan fingerprint density at radius 3 is 2.72 bits per heavy atom. The molecule has 1 aromatic heterocycles. The molecule has 2 N–H and O–H groups in total. The van der Waals surface area contributed by atoms with Crippen LogP contribution >= 0.6 is 23.2 Å². The van der Waals surface area contributed by atoms with Crippen molar-refractivity contribution in [3.63, 3.8) is 0 Å². The fourth-order valence-corrected chi connectivity index (χ4v) is 4.80. The number of amides is 2. The number of carbonyl (C=O) groups is 1. The molecule has 2 atom stereocenters. The normalized spacial score (nSPS) is 19.7. The predicted molar refractivity (Wildman–Crippen MR) is 128 cm³/mol. The lowest BCUT2D eigenvalue weighted by Crippen LogP contribution is -2.48. The summed E-state index contributed by atoms with van der Waals surface area (Å²) >= 11 is 12.4. The van der Waals surface area contributed by atoms with Crippen molar-refractivity contribution in [2.75, 3.05) is 25.5 Å². The first-order chi connectivity index (χ1) is 15.3. The number of anilines is 1. The molecule has 2 aliphatic heterocycles. The van der Waals surface area contributed by atoms with Crippen molar-refractivity contribution in [3.05, 3.63) is 51.3 Å². The van der Waals surface area contributed by atoms with E-state index in [0.29, 0.717) is 29.1 Å². The number of carbonyl (C=O) groups excluding carboxylic acids is 1. The molecule has 1 aromatic carbocycles. The van der Waals surface area contributed by atoms with Gasteiger partial charge < -0.3 is 20.4 Å². The highest BCUT2D eigenvalue weighted by atomic mass is 35.5. The quantitative estimate of drug-likeness (QED) is 0.663. The molecule has 0 saturated carbocycles. The molecular weight excluding hydrogens is 447 g/mol. The summed E-state index contributed by atoms with van der Waals surface area (Å²) in [6.07, 6.45) is 4.73. The lowest BCUT2D eigenvalue weighted by molar-refractivity contribution is 0.175. The fraction of sp³-hybridized carbons (Fsp3) is 0.522. The van der Waals surface area contributed by atoms with Crippen molar-refractivity contribution >= 4 is 35.2 Å². The summed E-state index contributed by atoms with van der Waals surface area (Å²) in [6, 6.07) is 5.80. The lowest BCUT2D eigenvalue weighted by atomic mass is 9.97. The van der Waals surface area contributed by atoms with E-state index in [0.717, 1.165) is 42.6 Å². The number of benzene rings is 1. The van der Waals surface area contributed by atoms with Crippen LogP contribution in [0.5, 0.6) is 0 Å². The molecule has 0 aliphatic carbocycles. The summed E-state index contributed by atoms with van der Waals surface area (Å²) < 4.78 is 0. The van der Waals surface area contributed by atoms with E-state index < -0.39 is 0 Å². The number of likely N-dealkylation sites (N-methyl/N-ethyl adjacent to an activating group) is 1. The number of urea groups is 1. The number of likely N-dealkylation sites (tertiary alicyclic amines) is 1. The van der Waals surface area contributed by atoms with Crippen LogP contribution in [0.2, 0.25) is 10.0 Å². The van der Waals surface area contributed by atoms with Gasteiger partial charge in [-0.05, 0) is 70.0 Å². The molecule has 2 amide bonds. The van der Waals surface area contributed by atoms with Gasteiger partial charge in [0.1, 0.15) is 0 Å². The van der Waals surface area contributed by atoms with Crippen LogP contribution in [0.4, 0.5) is 10.7 Å². The minimum atomic E-state index is -0.172. The first-order valence-corrected chi connectivity index (χ1v) is 11.9.